The van der Waals surface area contributed by atoms with Crippen LogP contribution in [0.1, 0.15) is 37.4 Å². The lowest BCUT2D eigenvalue weighted by Gasteiger charge is -2.37. The zero-order valence-electron chi connectivity index (χ0n) is 22.6. The predicted octanol–water partition coefficient (Wildman–Crippen LogP) is 5.76. The number of rotatable bonds is 5. The third-order valence-corrected chi connectivity index (χ3v) is 8.74. The maximum atomic E-state index is 14.8. The summed E-state index contributed by atoms with van der Waals surface area (Å²) < 4.78 is 0. The summed E-state index contributed by atoms with van der Waals surface area (Å²) in [5.41, 5.74) is 2.55. The standard InChI is InChI=1S/C34H25N3O5/c1-20-14-15-21-16-17-28-34(25-12-5-6-13-26(25)35-33(34)40)29(31(38)23-10-7-11-24(19-23)37(41)42)30(36(28)27(21)18-20)32(39)22-8-3-2-4-9-22/h2-19,28-30H,1H3,(H,35,40)/t28-,29+,30-,34-/m0/s1. The Morgan fingerprint density at radius 1 is 0.881 bits per heavy atom. The first-order valence-corrected chi connectivity index (χ1v) is 13.7. The third kappa shape index (κ3) is 3.51. The maximum Gasteiger partial charge on any atom is 0.270 e. The van der Waals surface area contributed by atoms with Gasteiger partial charge in [-0.05, 0) is 35.7 Å². The third-order valence-electron chi connectivity index (χ3n) is 8.74. The largest absolute Gasteiger partial charge is 0.352 e. The normalized spacial score (nSPS) is 23.2. The molecule has 1 amide bonds. The number of ketones is 2. The van der Waals surface area contributed by atoms with Gasteiger partial charge in [-0.25, -0.2) is 0 Å². The summed E-state index contributed by atoms with van der Waals surface area (Å²) in [5.74, 6) is -2.39. The first-order valence-electron chi connectivity index (χ1n) is 13.7. The van der Waals surface area contributed by atoms with Crippen molar-refractivity contribution in [1.29, 1.82) is 0 Å². The van der Waals surface area contributed by atoms with Crippen LogP contribution in [0, 0.1) is 23.0 Å². The molecule has 0 bridgehead atoms. The van der Waals surface area contributed by atoms with Gasteiger partial charge >= 0.3 is 0 Å². The number of nitro groups is 1. The molecule has 0 saturated carbocycles. The van der Waals surface area contributed by atoms with Crippen molar-refractivity contribution in [3.8, 4) is 0 Å². The molecule has 7 rings (SSSR count). The average Bonchev–Trinajstić information content (AvgIpc) is 3.49. The highest BCUT2D eigenvalue weighted by molar-refractivity contribution is 6.18. The second-order valence-electron chi connectivity index (χ2n) is 11.0. The van der Waals surface area contributed by atoms with Crippen molar-refractivity contribution >= 4 is 40.6 Å². The lowest BCUT2D eigenvalue weighted by molar-refractivity contribution is -0.384. The summed E-state index contributed by atoms with van der Waals surface area (Å²) >= 11 is 0. The van der Waals surface area contributed by atoms with Crippen molar-refractivity contribution in [2.24, 2.45) is 5.92 Å². The highest BCUT2D eigenvalue weighted by Crippen LogP contribution is 2.58. The quantitative estimate of drug-likeness (QED) is 0.191. The van der Waals surface area contributed by atoms with Gasteiger partial charge in [-0.15, -0.1) is 0 Å². The Morgan fingerprint density at radius 3 is 2.40 bits per heavy atom. The number of hydrogen-bond acceptors (Lipinski definition) is 6. The molecule has 8 nitrogen and oxygen atoms in total. The summed E-state index contributed by atoms with van der Waals surface area (Å²) in [5, 5.41) is 14.6. The van der Waals surface area contributed by atoms with Gasteiger partial charge in [0.2, 0.25) is 5.91 Å². The summed E-state index contributed by atoms with van der Waals surface area (Å²) in [6.07, 6.45) is 3.85. The average molecular weight is 556 g/mol. The number of amides is 1. The molecule has 0 unspecified atom stereocenters. The summed E-state index contributed by atoms with van der Waals surface area (Å²) in [6.45, 7) is 1.96. The Labute approximate surface area is 241 Å². The molecule has 3 heterocycles. The number of nitro benzene ring substituents is 1. The topological polar surface area (TPSA) is 110 Å². The van der Waals surface area contributed by atoms with E-state index in [0.717, 1.165) is 16.8 Å². The molecule has 1 spiro atoms. The molecule has 0 aliphatic carbocycles. The second-order valence-corrected chi connectivity index (χ2v) is 11.0. The van der Waals surface area contributed by atoms with Crippen LogP contribution < -0.4 is 10.2 Å². The van der Waals surface area contributed by atoms with E-state index in [9.17, 15) is 24.5 Å². The number of nitrogens with one attached hydrogen (secondary N) is 1. The minimum Gasteiger partial charge on any atom is -0.352 e. The van der Waals surface area contributed by atoms with Crippen molar-refractivity contribution in [2.45, 2.75) is 24.4 Å². The minimum absolute atomic E-state index is 0.0740. The number of carbonyl (C=O) groups is 3. The van der Waals surface area contributed by atoms with Crippen molar-refractivity contribution in [3.63, 3.8) is 0 Å². The molecule has 8 heteroatoms. The molecule has 1 fully saturated rings. The van der Waals surface area contributed by atoms with E-state index in [4.69, 9.17) is 0 Å². The van der Waals surface area contributed by atoms with Gasteiger partial charge in [-0.2, -0.15) is 0 Å². The van der Waals surface area contributed by atoms with Crippen LogP contribution in [0.25, 0.3) is 6.08 Å². The number of aryl methyl sites for hydroxylation is 1. The molecule has 4 aromatic rings. The molecule has 1 saturated heterocycles. The number of benzene rings is 4. The molecule has 4 aromatic carbocycles. The van der Waals surface area contributed by atoms with Crippen LogP contribution in [-0.2, 0) is 10.2 Å². The molecular weight excluding hydrogens is 530 g/mol. The van der Waals surface area contributed by atoms with Crippen LogP contribution in [0.15, 0.2) is 103 Å². The van der Waals surface area contributed by atoms with E-state index in [1.165, 1.54) is 24.3 Å². The van der Waals surface area contributed by atoms with Crippen molar-refractivity contribution in [2.75, 3.05) is 10.2 Å². The molecule has 4 atom stereocenters. The number of non-ortho nitro benzene ring substituents is 1. The second kappa shape index (κ2) is 9.34. The first-order chi connectivity index (χ1) is 20.3. The molecule has 3 aliphatic heterocycles. The summed E-state index contributed by atoms with van der Waals surface area (Å²) in [7, 11) is 0. The van der Waals surface area contributed by atoms with Crippen molar-refractivity contribution in [3.05, 3.63) is 141 Å². The lowest BCUT2D eigenvalue weighted by Crippen LogP contribution is -2.51. The van der Waals surface area contributed by atoms with Gasteiger partial charge in [-0.3, -0.25) is 24.5 Å². The molecule has 0 aromatic heterocycles. The van der Waals surface area contributed by atoms with Gasteiger partial charge in [0.05, 0.1) is 16.9 Å². The first kappa shape index (κ1) is 25.6. The van der Waals surface area contributed by atoms with Crippen LogP contribution in [0.4, 0.5) is 17.1 Å². The van der Waals surface area contributed by atoms with Gasteiger partial charge in [0.1, 0.15) is 11.5 Å². The molecule has 42 heavy (non-hydrogen) atoms. The summed E-state index contributed by atoms with van der Waals surface area (Å²) in [4.78, 5) is 56.8. The van der Waals surface area contributed by atoms with Crippen LogP contribution >= 0.6 is 0 Å². The van der Waals surface area contributed by atoms with E-state index in [2.05, 4.69) is 5.32 Å². The highest BCUT2D eigenvalue weighted by Gasteiger charge is 2.70. The highest BCUT2D eigenvalue weighted by atomic mass is 16.6. The number of Topliss-reactive ketones (excluding diaryl/α,β-unsaturated/α-hetero) is 2. The smallest absolute Gasteiger partial charge is 0.270 e. The number of para-hydroxylation sites is 1. The molecule has 206 valence electrons. The molecular formula is C34H25N3O5. The number of anilines is 2. The number of fused-ring (bicyclic) bond motifs is 6. The Morgan fingerprint density at radius 2 is 1.62 bits per heavy atom. The monoisotopic (exact) mass is 555 g/mol. The van der Waals surface area contributed by atoms with Crippen LogP contribution in [0.5, 0.6) is 0 Å². The Balaban J connectivity index is 1.54. The molecule has 3 aliphatic rings. The fourth-order valence-corrected chi connectivity index (χ4v) is 7.00. The summed E-state index contributed by atoms with van der Waals surface area (Å²) in [6, 6.07) is 25.7. The lowest BCUT2D eigenvalue weighted by atomic mass is 9.64. The van der Waals surface area contributed by atoms with Gasteiger partial charge < -0.3 is 10.2 Å². The Bertz CT molecular complexity index is 1850. The van der Waals surface area contributed by atoms with Gasteiger partial charge in [-0.1, -0.05) is 84.9 Å². The Kier molecular flexibility index (Phi) is 5.69. The molecule has 0 radical (unpaired) electrons. The van der Waals surface area contributed by atoms with Crippen LogP contribution in [-0.4, -0.2) is 34.5 Å². The van der Waals surface area contributed by atoms with Crippen molar-refractivity contribution in [1.82, 2.24) is 0 Å². The van der Waals surface area contributed by atoms with E-state index in [-0.39, 0.29) is 22.9 Å². The fraction of sp³-hybridized carbons (Fsp3) is 0.147. The zero-order valence-corrected chi connectivity index (χ0v) is 22.6. The minimum atomic E-state index is -1.48. The zero-order chi connectivity index (χ0) is 29.2. The number of nitrogens with zero attached hydrogens (tertiary/aromatic N) is 2. The van der Waals surface area contributed by atoms with Gasteiger partial charge in [0.15, 0.2) is 11.6 Å². The molecule has 1 N–H and O–H groups in total. The van der Waals surface area contributed by atoms with Gasteiger partial charge in [0.25, 0.3) is 5.69 Å². The maximum absolute atomic E-state index is 14.8. The van der Waals surface area contributed by atoms with E-state index in [1.807, 2.05) is 66.4 Å². The fourth-order valence-electron chi connectivity index (χ4n) is 7.00. The van der Waals surface area contributed by atoms with E-state index in [0.29, 0.717) is 16.8 Å². The van der Waals surface area contributed by atoms with E-state index in [1.54, 1.807) is 30.3 Å². The SMILES string of the molecule is Cc1ccc2c(c1)N1[C@H](C(=O)c3ccccc3)[C@H](C(=O)c3cccc([N+](=O)[O-])c3)[C@@]3(C(=O)Nc4ccccc43)[C@@H]1C=C2. The number of hydrogen-bond donors (Lipinski definition) is 1. The van der Waals surface area contributed by atoms with Gasteiger partial charge in [0, 0.05) is 34.6 Å². The van der Waals surface area contributed by atoms with Crippen LogP contribution in [0.2, 0.25) is 0 Å². The predicted molar refractivity (Wildman–Crippen MR) is 159 cm³/mol. The Hall–Kier alpha value is -5.37. The number of carbonyl (C=O) groups excluding carboxylic acids is 3. The van der Waals surface area contributed by atoms with Crippen molar-refractivity contribution < 1.29 is 19.3 Å². The van der Waals surface area contributed by atoms with Crippen LogP contribution in [0.3, 0.4) is 0 Å². The van der Waals surface area contributed by atoms with E-state index >= 15 is 0 Å². The van der Waals surface area contributed by atoms with E-state index < -0.39 is 34.1 Å².